The van der Waals surface area contributed by atoms with Crippen molar-refractivity contribution in [3.05, 3.63) is 53.3 Å². The molecule has 0 aromatic heterocycles. The standard InChI is InChI=1S/C21H22F4N2O4S/c1-2-31-18-9-7-15(13-19(18)32(29,30)27-10-4-3-5-11-27)26-20(28)14-6-8-17(22)16(12-14)21(23,24)25/h6-9,12-13H,2-5,10-11H2,1H3,(H,26,28). The highest BCUT2D eigenvalue weighted by Gasteiger charge is 2.35. The van der Waals surface area contributed by atoms with Crippen molar-refractivity contribution in [2.75, 3.05) is 25.0 Å². The number of nitrogens with one attached hydrogen (secondary N) is 1. The van der Waals surface area contributed by atoms with Gasteiger partial charge in [-0.25, -0.2) is 12.8 Å². The number of sulfonamides is 1. The SMILES string of the molecule is CCOc1ccc(NC(=O)c2ccc(F)c(C(F)(F)F)c2)cc1S(=O)(=O)N1CCCCC1. The van der Waals surface area contributed by atoms with Crippen LogP contribution in [0.5, 0.6) is 5.75 Å². The Morgan fingerprint density at radius 3 is 2.41 bits per heavy atom. The Hall–Kier alpha value is -2.66. The summed E-state index contributed by atoms with van der Waals surface area (Å²) in [6.07, 6.45) is -2.58. The lowest BCUT2D eigenvalue weighted by Gasteiger charge is -2.27. The third-order valence-electron chi connectivity index (χ3n) is 4.97. The predicted molar refractivity (Wildman–Crippen MR) is 110 cm³/mol. The van der Waals surface area contributed by atoms with Crippen molar-refractivity contribution in [2.45, 2.75) is 37.3 Å². The molecule has 1 N–H and O–H groups in total. The molecule has 1 aliphatic rings. The average Bonchev–Trinajstić information content (AvgIpc) is 2.75. The number of piperidine rings is 1. The number of nitrogens with zero attached hydrogens (tertiary/aromatic N) is 1. The smallest absolute Gasteiger partial charge is 0.419 e. The molecule has 1 fully saturated rings. The Labute approximate surface area is 183 Å². The summed E-state index contributed by atoms with van der Waals surface area (Å²) in [5, 5.41) is 2.37. The largest absolute Gasteiger partial charge is 0.492 e. The summed E-state index contributed by atoms with van der Waals surface area (Å²) in [5.41, 5.74) is -1.94. The quantitative estimate of drug-likeness (QED) is 0.618. The maximum atomic E-state index is 13.5. The van der Waals surface area contributed by atoms with Crippen LogP contribution in [0, 0.1) is 5.82 Å². The van der Waals surface area contributed by atoms with Gasteiger partial charge in [-0.2, -0.15) is 17.5 Å². The van der Waals surface area contributed by atoms with Crippen molar-refractivity contribution >= 4 is 21.6 Å². The predicted octanol–water partition coefficient (Wildman–Crippen LogP) is 4.67. The van der Waals surface area contributed by atoms with Gasteiger partial charge < -0.3 is 10.1 Å². The molecule has 1 heterocycles. The van der Waals surface area contributed by atoms with E-state index in [1.165, 1.54) is 22.5 Å². The summed E-state index contributed by atoms with van der Waals surface area (Å²) in [6, 6.07) is 5.85. The molecule has 3 rings (SSSR count). The molecule has 2 aromatic rings. The zero-order valence-corrected chi connectivity index (χ0v) is 18.0. The van der Waals surface area contributed by atoms with Crippen LogP contribution in [-0.4, -0.2) is 38.3 Å². The van der Waals surface area contributed by atoms with Gasteiger partial charge >= 0.3 is 6.18 Å². The first-order valence-electron chi connectivity index (χ1n) is 9.99. The minimum Gasteiger partial charge on any atom is -0.492 e. The molecule has 174 valence electrons. The molecule has 0 bridgehead atoms. The Balaban J connectivity index is 1.92. The third kappa shape index (κ3) is 5.21. The van der Waals surface area contributed by atoms with E-state index in [-0.39, 0.29) is 22.9 Å². The van der Waals surface area contributed by atoms with Gasteiger partial charge in [0.2, 0.25) is 10.0 Å². The van der Waals surface area contributed by atoms with E-state index < -0.39 is 39.1 Å². The molecule has 2 aromatic carbocycles. The van der Waals surface area contributed by atoms with Crippen molar-refractivity contribution in [1.82, 2.24) is 4.31 Å². The number of hydrogen-bond acceptors (Lipinski definition) is 4. The summed E-state index contributed by atoms with van der Waals surface area (Å²) in [7, 11) is -3.91. The van der Waals surface area contributed by atoms with E-state index in [9.17, 15) is 30.8 Å². The number of ether oxygens (including phenoxy) is 1. The third-order valence-corrected chi connectivity index (χ3v) is 6.89. The number of carbonyl (C=O) groups is 1. The van der Waals surface area contributed by atoms with Gasteiger partial charge in [0.25, 0.3) is 5.91 Å². The van der Waals surface area contributed by atoms with Gasteiger partial charge in [0, 0.05) is 24.3 Å². The second kappa shape index (κ2) is 9.45. The summed E-state index contributed by atoms with van der Waals surface area (Å²) >= 11 is 0. The van der Waals surface area contributed by atoms with Crippen molar-refractivity contribution in [2.24, 2.45) is 0 Å². The number of rotatable bonds is 6. The van der Waals surface area contributed by atoms with Crippen LogP contribution in [0.4, 0.5) is 23.2 Å². The maximum Gasteiger partial charge on any atom is 0.419 e. The lowest BCUT2D eigenvalue weighted by atomic mass is 10.1. The van der Waals surface area contributed by atoms with Gasteiger partial charge in [-0.15, -0.1) is 0 Å². The van der Waals surface area contributed by atoms with Crippen LogP contribution in [-0.2, 0) is 16.2 Å². The molecule has 0 aliphatic carbocycles. The van der Waals surface area contributed by atoms with E-state index in [0.29, 0.717) is 25.2 Å². The average molecular weight is 474 g/mol. The van der Waals surface area contributed by atoms with Gasteiger partial charge in [0.15, 0.2) is 0 Å². The fourth-order valence-electron chi connectivity index (χ4n) is 3.39. The van der Waals surface area contributed by atoms with Gasteiger partial charge in [-0.3, -0.25) is 4.79 Å². The van der Waals surface area contributed by atoms with Crippen molar-refractivity contribution in [3.8, 4) is 5.75 Å². The summed E-state index contributed by atoms with van der Waals surface area (Å²) < 4.78 is 85.4. The zero-order chi connectivity index (χ0) is 23.5. The number of hydrogen-bond donors (Lipinski definition) is 1. The fraction of sp³-hybridized carbons (Fsp3) is 0.381. The maximum absolute atomic E-state index is 13.5. The van der Waals surface area contributed by atoms with E-state index in [4.69, 9.17) is 4.74 Å². The Morgan fingerprint density at radius 2 is 1.78 bits per heavy atom. The highest BCUT2D eigenvalue weighted by Crippen LogP contribution is 2.33. The van der Waals surface area contributed by atoms with Crippen molar-refractivity contribution in [1.29, 1.82) is 0 Å². The minimum atomic E-state index is -4.96. The zero-order valence-electron chi connectivity index (χ0n) is 17.2. The first-order chi connectivity index (χ1) is 15.0. The topological polar surface area (TPSA) is 75.7 Å². The molecular formula is C21H22F4N2O4S. The van der Waals surface area contributed by atoms with E-state index in [1.807, 2.05) is 0 Å². The highest BCUT2D eigenvalue weighted by atomic mass is 32.2. The first kappa shape index (κ1) is 24.0. The van der Waals surface area contributed by atoms with Crippen LogP contribution >= 0.6 is 0 Å². The van der Waals surface area contributed by atoms with Gasteiger partial charge in [-0.05, 0) is 56.2 Å². The summed E-state index contributed by atoms with van der Waals surface area (Å²) in [6.45, 7) is 2.63. The molecule has 1 amide bonds. The van der Waals surface area contributed by atoms with Crippen LogP contribution in [0.25, 0.3) is 0 Å². The van der Waals surface area contributed by atoms with Crippen LogP contribution in [0.15, 0.2) is 41.3 Å². The Morgan fingerprint density at radius 1 is 1.09 bits per heavy atom. The number of amides is 1. The van der Waals surface area contributed by atoms with E-state index in [2.05, 4.69) is 5.32 Å². The molecule has 0 unspecified atom stereocenters. The van der Waals surface area contributed by atoms with Crippen LogP contribution in [0.2, 0.25) is 0 Å². The lowest BCUT2D eigenvalue weighted by Crippen LogP contribution is -2.35. The van der Waals surface area contributed by atoms with Crippen molar-refractivity contribution < 1.29 is 35.5 Å². The first-order valence-corrected chi connectivity index (χ1v) is 11.4. The highest BCUT2D eigenvalue weighted by molar-refractivity contribution is 7.89. The molecule has 0 saturated carbocycles. The Bertz CT molecular complexity index is 1100. The van der Waals surface area contributed by atoms with Crippen LogP contribution in [0.1, 0.15) is 42.1 Å². The molecule has 0 spiro atoms. The van der Waals surface area contributed by atoms with Crippen LogP contribution < -0.4 is 10.1 Å². The number of anilines is 1. The number of alkyl halides is 3. The van der Waals surface area contributed by atoms with Gasteiger partial charge in [-0.1, -0.05) is 6.42 Å². The number of halogens is 4. The molecule has 1 aliphatic heterocycles. The van der Waals surface area contributed by atoms with Crippen molar-refractivity contribution in [3.63, 3.8) is 0 Å². The second-order valence-corrected chi connectivity index (χ2v) is 9.11. The fourth-order valence-corrected chi connectivity index (χ4v) is 5.07. The second-order valence-electron chi connectivity index (χ2n) is 7.21. The summed E-state index contributed by atoms with van der Waals surface area (Å²) in [4.78, 5) is 12.3. The Kier molecular flexibility index (Phi) is 7.09. The molecule has 11 heteroatoms. The van der Waals surface area contributed by atoms with Crippen LogP contribution in [0.3, 0.4) is 0 Å². The molecule has 0 atom stereocenters. The lowest BCUT2D eigenvalue weighted by molar-refractivity contribution is -0.140. The normalized spacial score (nSPS) is 15.4. The van der Waals surface area contributed by atoms with E-state index in [0.717, 1.165) is 25.3 Å². The number of carbonyl (C=O) groups excluding carboxylic acids is 1. The minimum absolute atomic E-state index is 0.0481. The van der Waals surface area contributed by atoms with E-state index in [1.54, 1.807) is 6.92 Å². The number of benzene rings is 2. The van der Waals surface area contributed by atoms with Gasteiger partial charge in [0.05, 0.1) is 12.2 Å². The molecule has 6 nitrogen and oxygen atoms in total. The molecule has 1 saturated heterocycles. The molecule has 32 heavy (non-hydrogen) atoms. The van der Waals surface area contributed by atoms with E-state index >= 15 is 0 Å². The molecular weight excluding hydrogens is 452 g/mol. The molecule has 0 radical (unpaired) electrons. The monoisotopic (exact) mass is 474 g/mol. The van der Waals surface area contributed by atoms with Gasteiger partial charge in [0.1, 0.15) is 16.5 Å². The summed E-state index contributed by atoms with van der Waals surface area (Å²) in [5.74, 6) is -2.33.